The van der Waals surface area contributed by atoms with E-state index in [0.717, 1.165) is 44.8 Å². The summed E-state index contributed by atoms with van der Waals surface area (Å²) < 4.78 is 26.6. The highest BCUT2D eigenvalue weighted by molar-refractivity contribution is 5.74. The number of hydrogen-bond acceptors (Lipinski definition) is 2. The van der Waals surface area contributed by atoms with Crippen LogP contribution >= 0.6 is 0 Å². The average Bonchev–Trinajstić information content (AvgIpc) is 3.22. The summed E-state index contributed by atoms with van der Waals surface area (Å²) in [6.45, 7) is 2.10. The number of amides is 2. The van der Waals surface area contributed by atoms with Gasteiger partial charge in [0.2, 0.25) is 0 Å². The van der Waals surface area contributed by atoms with Crippen molar-refractivity contribution < 1.29 is 13.6 Å². The standard InChI is InChI=1S/C23H27F2N3O/c1-27(19-7-6-17-4-2-3-5-18(17)12-19)23(29)26-14-16-10-11-28(15-16)20-8-9-21(24)22(25)13-20/h2-5,8-9,13,16,19H,6-7,10-12,14-15H2,1H3,(H,26,29). The lowest BCUT2D eigenvalue weighted by Gasteiger charge is -2.32. The zero-order chi connectivity index (χ0) is 20.4. The molecule has 4 nitrogen and oxygen atoms in total. The molecule has 1 aliphatic heterocycles. The molecule has 1 aliphatic carbocycles. The van der Waals surface area contributed by atoms with Crippen molar-refractivity contribution >= 4 is 11.7 Å². The lowest BCUT2D eigenvalue weighted by molar-refractivity contribution is 0.183. The van der Waals surface area contributed by atoms with Gasteiger partial charge in [0.15, 0.2) is 11.6 Å². The van der Waals surface area contributed by atoms with Gasteiger partial charge >= 0.3 is 6.03 Å². The summed E-state index contributed by atoms with van der Waals surface area (Å²) in [4.78, 5) is 16.5. The third kappa shape index (κ3) is 4.36. The SMILES string of the molecule is CN(C(=O)NCC1CCN(c2ccc(F)c(F)c2)C1)C1CCc2ccccc2C1. The number of hydrogen-bond donors (Lipinski definition) is 1. The normalized spacial score (nSPS) is 21.0. The van der Waals surface area contributed by atoms with Gasteiger partial charge in [0.05, 0.1) is 0 Å². The Labute approximate surface area is 170 Å². The number of anilines is 1. The molecule has 1 heterocycles. The maximum atomic E-state index is 13.5. The first-order valence-corrected chi connectivity index (χ1v) is 10.3. The first kappa shape index (κ1) is 19.7. The Hall–Kier alpha value is -2.63. The second-order valence-electron chi connectivity index (χ2n) is 8.16. The Morgan fingerprint density at radius 3 is 2.72 bits per heavy atom. The molecule has 6 heteroatoms. The summed E-state index contributed by atoms with van der Waals surface area (Å²) in [5.74, 6) is -1.35. The zero-order valence-electron chi connectivity index (χ0n) is 16.7. The minimum Gasteiger partial charge on any atom is -0.371 e. The van der Waals surface area contributed by atoms with Crippen molar-refractivity contribution in [3.63, 3.8) is 0 Å². The molecule has 0 saturated carbocycles. The van der Waals surface area contributed by atoms with E-state index in [9.17, 15) is 13.6 Å². The maximum absolute atomic E-state index is 13.5. The Kier molecular flexibility index (Phi) is 5.69. The van der Waals surface area contributed by atoms with Crippen molar-refractivity contribution in [3.8, 4) is 0 Å². The first-order chi connectivity index (χ1) is 14.0. The topological polar surface area (TPSA) is 35.6 Å². The highest BCUT2D eigenvalue weighted by atomic mass is 19.2. The van der Waals surface area contributed by atoms with Crippen LogP contribution in [0.4, 0.5) is 19.3 Å². The van der Waals surface area contributed by atoms with Crippen molar-refractivity contribution in [1.29, 1.82) is 0 Å². The number of aryl methyl sites for hydroxylation is 1. The monoisotopic (exact) mass is 399 g/mol. The summed E-state index contributed by atoms with van der Waals surface area (Å²) in [6, 6.07) is 12.6. The van der Waals surface area contributed by atoms with Crippen LogP contribution in [-0.2, 0) is 12.8 Å². The predicted octanol–water partition coefficient (Wildman–Crippen LogP) is 3.99. The molecule has 2 aliphatic rings. The van der Waals surface area contributed by atoms with E-state index in [4.69, 9.17) is 0 Å². The zero-order valence-corrected chi connectivity index (χ0v) is 16.7. The number of urea groups is 1. The number of benzene rings is 2. The lowest BCUT2D eigenvalue weighted by Crippen LogP contribution is -2.47. The lowest BCUT2D eigenvalue weighted by atomic mass is 9.88. The quantitative estimate of drug-likeness (QED) is 0.844. The smallest absolute Gasteiger partial charge is 0.317 e. The van der Waals surface area contributed by atoms with Crippen LogP contribution in [0.5, 0.6) is 0 Å². The van der Waals surface area contributed by atoms with Crippen molar-refractivity contribution in [1.82, 2.24) is 10.2 Å². The van der Waals surface area contributed by atoms with E-state index in [2.05, 4.69) is 29.6 Å². The van der Waals surface area contributed by atoms with Gasteiger partial charge < -0.3 is 15.1 Å². The fourth-order valence-electron chi connectivity index (χ4n) is 4.45. The Morgan fingerprint density at radius 2 is 1.93 bits per heavy atom. The molecule has 2 aromatic carbocycles. The van der Waals surface area contributed by atoms with Gasteiger partial charge in [0.1, 0.15) is 0 Å². The fraction of sp³-hybridized carbons (Fsp3) is 0.435. The average molecular weight is 399 g/mol. The number of halogens is 2. The van der Waals surface area contributed by atoms with E-state index in [1.54, 1.807) is 6.07 Å². The number of carbonyl (C=O) groups is 1. The highest BCUT2D eigenvalue weighted by Gasteiger charge is 2.27. The molecule has 1 fully saturated rings. The molecule has 154 valence electrons. The summed E-state index contributed by atoms with van der Waals surface area (Å²) in [5.41, 5.74) is 3.41. The summed E-state index contributed by atoms with van der Waals surface area (Å²) in [7, 11) is 1.87. The molecular weight excluding hydrogens is 372 g/mol. The van der Waals surface area contributed by atoms with Crippen LogP contribution < -0.4 is 10.2 Å². The van der Waals surface area contributed by atoms with Gasteiger partial charge in [0, 0.05) is 44.5 Å². The summed E-state index contributed by atoms with van der Waals surface area (Å²) >= 11 is 0. The van der Waals surface area contributed by atoms with Crippen LogP contribution in [-0.4, -0.2) is 43.7 Å². The van der Waals surface area contributed by atoms with E-state index >= 15 is 0 Å². The van der Waals surface area contributed by atoms with E-state index in [0.29, 0.717) is 18.2 Å². The van der Waals surface area contributed by atoms with E-state index in [-0.39, 0.29) is 12.1 Å². The minimum atomic E-state index is -0.829. The molecule has 29 heavy (non-hydrogen) atoms. The number of nitrogens with zero attached hydrogens (tertiary/aromatic N) is 2. The Balaban J connectivity index is 1.27. The largest absolute Gasteiger partial charge is 0.371 e. The molecule has 0 bridgehead atoms. The molecule has 1 N–H and O–H groups in total. The number of carbonyl (C=O) groups excluding carboxylic acids is 1. The molecule has 1 saturated heterocycles. The van der Waals surface area contributed by atoms with Crippen LogP contribution in [0.3, 0.4) is 0 Å². The second-order valence-corrected chi connectivity index (χ2v) is 8.16. The summed E-state index contributed by atoms with van der Waals surface area (Å²) in [6.07, 6.45) is 3.80. The fourth-order valence-corrected chi connectivity index (χ4v) is 4.45. The van der Waals surface area contributed by atoms with Crippen LogP contribution in [0.1, 0.15) is 24.0 Å². The highest BCUT2D eigenvalue weighted by Crippen LogP contribution is 2.26. The van der Waals surface area contributed by atoms with Crippen LogP contribution in [0.25, 0.3) is 0 Å². The number of nitrogens with one attached hydrogen (secondary N) is 1. The molecule has 0 aromatic heterocycles. The molecule has 0 spiro atoms. The minimum absolute atomic E-state index is 0.0411. The van der Waals surface area contributed by atoms with Crippen LogP contribution in [0.15, 0.2) is 42.5 Å². The number of fused-ring (bicyclic) bond motifs is 1. The van der Waals surface area contributed by atoms with Crippen LogP contribution in [0, 0.1) is 17.6 Å². The van der Waals surface area contributed by atoms with Gasteiger partial charge in [-0.2, -0.15) is 0 Å². The van der Waals surface area contributed by atoms with Gasteiger partial charge in [-0.1, -0.05) is 24.3 Å². The van der Waals surface area contributed by atoms with Gasteiger partial charge in [-0.05, 0) is 54.9 Å². The molecule has 0 radical (unpaired) electrons. The molecule has 4 rings (SSSR count). The molecular formula is C23H27F2N3O. The van der Waals surface area contributed by atoms with Crippen LogP contribution in [0.2, 0.25) is 0 Å². The molecule has 2 unspecified atom stereocenters. The van der Waals surface area contributed by atoms with Crippen molar-refractivity contribution in [2.45, 2.75) is 31.7 Å². The third-order valence-electron chi connectivity index (χ3n) is 6.29. The molecule has 2 atom stereocenters. The van der Waals surface area contributed by atoms with Gasteiger partial charge in [0.25, 0.3) is 0 Å². The predicted molar refractivity (Wildman–Crippen MR) is 110 cm³/mol. The van der Waals surface area contributed by atoms with Gasteiger partial charge in [-0.3, -0.25) is 0 Å². The first-order valence-electron chi connectivity index (χ1n) is 10.3. The van der Waals surface area contributed by atoms with E-state index in [1.165, 1.54) is 17.2 Å². The maximum Gasteiger partial charge on any atom is 0.317 e. The summed E-state index contributed by atoms with van der Waals surface area (Å²) in [5, 5.41) is 3.06. The van der Waals surface area contributed by atoms with Crippen molar-refractivity contribution in [2.24, 2.45) is 5.92 Å². The second kappa shape index (κ2) is 8.39. The van der Waals surface area contributed by atoms with E-state index in [1.807, 2.05) is 16.8 Å². The molecule has 2 amide bonds. The third-order valence-corrected chi connectivity index (χ3v) is 6.29. The number of rotatable bonds is 4. The van der Waals surface area contributed by atoms with Gasteiger partial charge in [-0.15, -0.1) is 0 Å². The van der Waals surface area contributed by atoms with Crippen molar-refractivity contribution in [3.05, 3.63) is 65.2 Å². The van der Waals surface area contributed by atoms with Crippen molar-refractivity contribution in [2.75, 3.05) is 31.6 Å². The Morgan fingerprint density at radius 1 is 1.14 bits per heavy atom. The Bertz CT molecular complexity index is 888. The van der Waals surface area contributed by atoms with E-state index < -0.39 is 11.6 Å². The number of likely N-dealkylation sites (N-methyl/N-ethyl adjacent to an activating group) is 1. The molecule has 2 aromatic rings. The van der Waals surface area contributed by atoms with Gasteiger partial charge in [-0.25, -0.2) is 13.6 Å².